The highest BCUT2D eigenvalue weighted by molar-refractivity contribution is 7.91. The lowest BCUT2D eigenvalue weighted by atomic mass is 10.3. The zero-order chi connectivity index (χ0) is 14.6. The fourth-order valence-corrected chi connectivity index (χ4v) is 3.45. The number of rotatable bonds is 5. The van der Waals surface area contributed by atoms with Crippen LogP contribution in [0.15, 0.2) is 23.1 Å². The Kier molecular flexibility index (Phi) is 4.85. The van der Waals surface area contributed by atoms with E-state index in [1.165, 1.54) is 12.1 Å². The second-order valence-corrected chi connectivity index (χ2v) is 6.75. The molecule has 2 rings (SSSR count). The van der Waals surface area contributed by atoms with Gasteiger partial charge >= 0.3 is 0 Å². The van der Waals surface area contributed by atoms with Crippen LogP contribution in [0.5, 0.6) is 11.5 Å². The van der Waals surface area contributed by atoms with E-state index in [1.54, 1.807) is 6.07 Å². The predicted molar refractivity (Wildman–Crippen MR) is 73.8 cm³/mol. The molecule has 1 aromatic rings. The van der Waals surface area contributed by atoms with Crippen molar-refractivity contribution < 1.29 is 23.0 Å². The van der Waals surface area contributed by atoms with Crippen LogP contribution in [0, 0.1) is 0 Å². The molecule has 0 bridgehead atoms. The lowest BCUT2D eigenvalue weighted by Gasteiger charge is -2.13. The maximum atomic E-state index is 12.2. The fourth-order valence-electron chi connectivity index (χ4n) is 1.96. The Bertz CT molecular complexity index is 558. The van der Waals surface area contributed by atoms with E-state index in [1.807, 2.05) is 0 Å². The second kappa shape index (κ2) is 6.43. The summed E-state index contributed by atoms with van der Waals surface area (Å²) in [6.07, 6.45) is 1.02. The van der Waals surface area contributed by atoms with Crippen molar-refractivity contribution in [2.24, 2.45) is 5.73 Å². The van der Waals surface area contributed by atoms with Crippen molar-refractivity contribution in [3.05, 3.63) is 18.2 Å². The highest BCUT2D eigenvalue weighted by Crippen LogP contribution is 2.32. The largest absolute Gasteiger partial charge is 0.490 e. The van der Waals surface area contributed by atoms with Gasteiger partial charge in [0.2, 0.25) is 0 Å². The molecule has 0 aliphatic carbocycles. The van der Waals surface area contributed by atoms with Gasteiger partial charge in [-0.25, -0.2) is 8.42 Å². The molecular formula is C13H19NO5S. The summed E-state index contributed by atoms with van der Waals surface area (Å²) in [7, 11) is -3.50. The first-order chi connectivity index (χ1) is 9.53. The van der Waals surface area contributed by atoms with Gasteiger partial charge in [0.15, 0.2) is 21.3 Å². The van der Waals surface area contributed by atoms with Crippen LogP contribution in [-0.2, 0) is 9.84 Å². The summed E-state index contributed by atoms with van der Waals surface area (Å²) in [6, 6.07) is 3.99. The molecule has 7 heteroatoms. The van der Waals surface area contributed by atoms with Gasteiger partial charge in [-0.05, 0) is 18.6 Å². The summed E-state index contributed by atoms with van der Waals surface area (Å²) >= 11 is 0. The van der Waals surface area contributed by atoms with E-state index in [0.29, 0.717) is 24.7 Å². The van der Waals surface area contributed by atoms with Crippen molar-refractivity contribution in [2.45, 2.75) is 23.8 Å². The Labute approximate surface area is 118 Å². The predicted octanol–water partition coefficient (Wildman–Crippen LogP) is 0.331. The third-order valence-electron chi connectivity index (χ3n) is 3.01. The van der Waals surface area contributed by atoms with Crippen LogP contribution in [0.1, 0.15) is 12.8 Å². The number of nitrogens with two attached hydrogens (primary N) is 1. The van der Waals surface area contributed by atoms with Crippen molar-refractivity contribution >= 4 is 9.84 Å². The monoisotopic (exact) mass is 301 g/mol. The summed E-state index contributed by atoms with van der Waals surface area (Å²) in [5.74, 6) is 0.799. The Morgan fingerprint density at radius 3 is 2.65 bits per heavy atom. The van der Waals surface area contributed by atoms with Crippen molar-refractivity contribution in [3.8, 4) is 11.5 Å². The maximum absolute atomic E-state index is 12.2. The number of fused-ring (bicyclic) bond motifs is 1. The average Bonchev–Trinajstić information content (AvgIpc) is 2.62. The first-order valence-corrected chi connectivity index (χ1v) is 8.17. The molecule has 1 aliphatic heterocycles. The van der Waals surface area contributed by atoms with E-state index in [4.69, 9.17) is 20.3 Å². The molecule has 1 aromatic carbocycles. The van der Waals surface area contributed by atoms with Crippen LogP contribution >= 0.6 is 0 Å². The number of benzene rings is 1. The third-order valence-corrected chi connectivity index (χ3v) is 4.85. The summed E-state index contributed by atoms with van der Waals surface area (Å²) in [5, 5.41) is 8.78. The molecule has 1 atom stereocenters. The zero-order valence-corrected chi connectivity index (χ0v) is 11.9. The van der Waals surface area contributed by atoms with Gasteiger partial charge in [0.1, 0.15) is 0 Å². The van der Waals surface area contributed by atoms with Gasteiger partial charge in [-0.3, -0.25) is 0 Å². The standard InChI is InChI=1S/C13H19NO5S/c14-10(4-5-15)9-20(16,17)11-2-3-12-13(8-11)19-7-1-6-18-12/h2-3,8,10,15H,1,4-7,9,14H2. The van der Waals surface area contributed by atoms with Crippen LogP contribution in [-0.4, -0.2) is 45.1 Å². The van der Waals surface area contributed by atoms with E-state index >= 15 is 0 Å². The Morgan fingerprint density at radius 1 is 1.25 bits per heavy atom. The van der Waals surface area contributed by atoms with Gasteiger partial charge in [0, 0.05) is 25.1 Å². The zero-order valence-electron chi connectivity index (χ0n) is 11.1. The van der Waals surface area contributed by atoms with Gasteiger partial charge in [-0.1, -0.05) is 0 Å². The molecule has 1 heterocycles. The summed E-state index contributed by atoms with van der Waals surface area (Å²) < 4.78 is 35.4. The molecule has 20 heavy (non-hydrogen) atoms. The highest BCUT2D eigenvalue weighted by atomic mass is 32.2. The van der Waals surface area contributed by atoms with E-state index < -0.39 is 15.9 Å². The SMILES string of the molecule is NC(CCO)CS(=O)(=O)c1ccc2c(c1)OCCCO2. The molecular weight excluding hydrogens is 282 g/mol. The second-order valence-electron chi connectivity index (χ2n) is 4.71. The fraction of sp³-hybridized carbons (Fsp3) is 0.538. The normalized spacial score (nSPS) is 16.5. The molecule has 0 aromatic heterocycles. The Balaban J connectivity index is 2.22. The molecule has 1 unspecified atom stereocenters. The van der Waals surface area contributed by atoms with Crippen molar-refractivity contribution in [2.75, 3.05) is 25.6 Å². The molecule has 0 spiro atoms. The highest BCUT2D eigenvalue weighted by Gasteiger charge is 2.21. The summed E-state index contributed by atoms with van der Waals surface area (Å²) in [4.78, 5) is 0.162. The van der Waals surface area contributed by atoms with Gasteiger partial charge < -0.3 is 20.3 Å². The van der Waals surface area contributed by atoms with E-state index in [0.717, 1.165) is 6.42 Å². The average molecular weight is 301 g/mol. The minimum absolute atomic E-state index is 0.127. The lowest BCUT2D eigenvalue weighted by Crippen LogP contribution is -2.30. The van der Waals surface area contributed by atoms with Gasteiger partial charge in [-0.15, -0.1) is 0 Å². The minimum Gasteiger partial charge on any atom is -0.490 e. The smallest absolute Gasteiger partial charge is 0.180 e. The lowest BCUT2D eigenvalue weighted by molar-refractivity contribution is 0.279. The maximum Gasteiger partial charge on any atom is 0.180 e. The van der Waals surface area contributed by atoms with Crippen molar-refractivity contribution in [1.82, 2.24) is 0 Å². The molecule has 0 amide bonds. The van der Waals surface area contributed by atoms with Gasteiger partial charge in [0.05, 0.1) is 23.9 Å². The van der Waals surface area contributed by atoms with Gasteiger partial charge in [-0.2, -0.15) is 0 Å². The Hall–Kier alpha value is -1.31. The van der Waals surface area contributed by atoms with Crippen LogP contribution in [0.4, 0.5) is 0 Å². The molecule has 1 aliphatic rings. The van der Waals surface area contributed by atoms with Crippen molar-refractivity contribution in [3.63, 3.8) is 0 Å². The topological polar surface area (TPSA) is 98.9 Å². The first-order valence-electron chi connectivity index (χ1n) is 6.52. The van der Waals surface area contributed by atoms with E-state index in [2.05, 4.69) is 0 Å². The quantitative estimate of drug-likeness (QED) is 0.813. The molecule has 6 nitrogen and oxygen atoms in total. The number of hydrogen-bond acceptors (Lipinski definition) is 6. The van der Waals surface area contributed by atoms with Crippen LogP contribution < -0.4 is 15.2 Å². The number of aliphatic hydroxyl groups excluding tert-OH is 1. The number of sulfone groups is 1. The first kappa shape index (κ1) is 15.1. The summed E-state index contributed by atoms with van der Waals surface area (Å²) in [6.45, 7) is 0.929. The minimum atomic E-state index is -3.50. The molecule has 0 saturated heterocycles. The Morgan fingerprint density at radius 2 is 1.95 bits per heavy atom. The third kappa shape index (κ3) is 3.62. The molecule has 0 saturated carbocycles. The van der Waals surface area contributed by atoms with E-state index in [9.17, 15) is 8.42 Å². The molecule has 3 N–H and O–H groups in total. The molecule has 0 radical (unpaired) electrons. The van der Waals surface area contributed by atoms with Crippen LogP contribution in [0.25, 0.3) is 0 Å². The molecule has 0 fully saturated rings. The number of ether oxygens (including phenoxy) is 2. The number of hydrogen-bond donors (Lipinski definition) is 2. The molecule has 112 valence electrons. The summed E-state index contributed by atoms with van der Waals surface area (Å²) in [5.41, 5.74) is 5.68. The van der Waals surface area contributed by atoms with E-state index in [-0.39, 0.29) is 23.7 Å². The van der Waals surface area contributed by atoms with Crippen LogP contribution in [0.2, 0.25) is 0 Å². The van der Waals surface area contributed by atoms with Crippen LogP contribution in [0.3, 0.4) is 0 Å². The number of aliphatic hydroxyl groups is 1. The van der Waals surface area contributed by atoms with Crippen molar-refractivity contribution in [1.29, 1.82) is 0 Å². The van der Waals surface area contributed by atoms with Gasteiger partial charge in [0.25, 0.3) is 0 Å².